The van der Waals surface area contributed by atoms with Gasteiger partial charge in [-0.2, -0.15) is 0 Å². The molecule has 0 saturated carbocycles. The van der Waals surface area contributed by atoms with Crippen LogP contribution >= 0.6 is 0 Å². The minimum absolute atomic E-state index is 0.651. The molecule has 22 heavy (non-hydrogen) atoms. The second-order valence-corrected chi connectivity index (χ2v) is 6.19. The molecule has 0 N–H and O–H groups in total. The zero-order chi connectivity index (χ0) is 16.0. The van der Waals surface area contributed by atoms with E-state index in [2.05, 4.69) is 6.92 Å². The summed E-state index contributed by atoms with van der Waals surface area (Å²) < 4.78 is 5.75. The van der Waals surface area contributed by atoms with Crippen LogP contribution in [0.15, 0.2) is 18.2 Å². The van der Waals surface area contributed by atoms with E-state index in [1.54, 1.807) is 0 Å². The molecule has 0 heterocycles. The molecule has 0 fully saturated rings. The number of ether oxygens (including phenoxy) is 1. The van der Waals surface area contributed by atoms with Gasteiger partial charge >= 0.3 is 0 Å². The summed E-state index contributed by atoms with van der Waals surface area (Å²) in [6.07, 6.45) is 14.1. The fourth-order valence-corrected chi connectivity index (χ4v) is 2.64. The van der Waals surface area contributed by atoms with Crippen molar-refractivity contribution < 1.29 is 9.53 Å². The van der Waals surface area contributed by atoms with E-state index in [4.69, 9.17) is 4.74 Å². The van der Waals surface area contributed by atoms with Crippen molar-refractivity contribution in [3.63, 3.8) is 0 Å². The lowest BCUT2D eigenvalue weighted by molar-refractivity contribution is 0.111. The standard InChI is InChI=1S/C20H32O2/c1-3-4-5-6-7-8-9-10-11-12-15-22-20-16-18(2)13-14-19(20)17-21/h13-14,16-17H,3-12,15H2,1-2H3. The predicted octanol–water partition coefficient (Wildman–Crippen LogP) is 6.11. The van der Waals surface area contributed by atoms with Crippen LogP contribution < -0.4 is 4.74 Å². The number of aldehydes is 1. The van der Waals surface area contributed by atoms with Gasteiger partial charge in [0.1, 0.15) is 5.75 Å². The molecule has 0 amide bonds. The zero-order valence-electron chi connectivity index (χ0n) is 14.4. The molecule has 0 bridgehead atoms. The van der Waals surface area contributed by atoms with Crippen molar-refractivity contribution >= 4 is 6.29 Å². The van der Waals surface area contributed by atoms with E-state index in [1.165, 1.54) is 57.8 Å². The Bertz CT molecular complexity index is 412. The normalized spacial score (nSPS) is 10.6. The van der Waals surface area contributed by atoms with Crippen LogP contribution in [0.2, 0.25) is 0 Å². The Morgan fingerprint density at radius 2 is 1.50 bits per heavy atom. The first-order valence-corrected chi connectivity index (χ1v) is 8.96. The Balaban J connectivity index is 2.02. The molecule has 0 aromatic heterocycles. The summed E-state index contributed by atoms with van der Waals surface area (Å²) in [5.74, 6) is 0.728. The number of carbonyl (C=O) groups is 1. The largest absolute Gasteiger partial charge is 0.493 e. The van der Waals surface area contributed by atoms with E-state index in [1.807, 2.05) is 25.1 Å². The highest BCUT2D eigenvalue weighted by Gasteiger charge is 2.02. The van der Waals surface area contributed by atoms with Gasteiger partial charge in [-0.25, -0.2) is 0 Å². The van der Waals surface area contributed by atoms with Gasteiger partial charge < -0.3 is 4.74 Å². The molecule has 0 aliphatic heterocycles. The van der Waals surface area contributed by atoms with E-state index in [-0.39, 0.29) is 0 Å². The van der Waals surface area contributed by atoms with Crippen LogP contribution in [0.3, 0.4) is 0 Å². The summed E-state index contributed by atoms with van der Waals surface area (Å²) in [4.78, 5) is 11.0. The molecule has 0 unspecified atom stereocenters. The van der Waals surface area contributed by atoms with Gasteiger partial charge in [0.2, 0.25) is 0 Å². The van der Waals surface area contributed by atoms with Crippen LogP contribution in [-0.2, 0) is 0 Å². The fourth-order valence-electron chi connectivity index (χ4n) is 2.64. The summed E-state index contributed by atoms with van der Waals surface area (Å²) in [6.45, 7) is 4.99. The molecule has 0 radical (unpaired) electrons. The van der Waals surface area contributed by atoms with Crippen LogP contribution in [-0.4, -0.2) is 12.9 Å². The third-order valence-corrected chi connectivity index (χ3v) is 4.05. The van der Waals surface area contributed by atoms with Crippen molar-refractivity contribution in [2.45, 2.75) is 78.1 Å². The summed E-state index contributed by atoms with van der Waals surface area (Å²) in [5.41, 5.74) is 1.78. The molecule has 1 aromatic carbocycles. The highest BCUT2D eigenvalue weighted by atomic mass is 16.5. The van der Waals surface area contributed by atoms with E-state index in [9.17, 15) is 4.79 Å². The van der Waals surface area contributed by atoms with Crippen molar-refractivity contribution in [3.05, 3.63) is 29.3 Å². The van der Waals surface area contributed by atoms with E-state index >= 15 is 0 Å². The van der Waals surface area contributed by atoms with E-state index < -0.39 is 0 Å². The lowest BCUT2D eigenvalue weighted by Crippen LogP contribution is -2.00. The highest BCUT2D eigenvalue weighted by molar-refractivity contribution is 5.79. The second-order valence-electron chi connectivity index (χ2n) is 6.19. The quantitative estimate of drug-likeness (QED) is 0.325. The SMILES string of the molecule is CCCCCCCCCCCCOc1cc(C)ccc1C=O. The Labute approximate surface area is 136 Å². The first kappa shape index (κ1) is 18.7. The van der Waals surface area contributed by atoms with Gasteiger partial charge in [0.05, 0.1) is 12.2 Å². The number of benzene rings is 1. The number of hydrogen-bond donors (Lipinski definition) is 0. The molecule has 2 heteroatoms. The predicted molar refractivity (Wildman–Crippen MR) is 93.9 cm³/mol. The topological polar surface area (TPSA) is 26.3 Å². The number of unbranched alkanes of at least 4 members (excludes halogenated alkanes) is 9. The minimum atomic E-state index is 0.651. The van der Waals surface area contributed by atoms with Gasteiger partial charge in [-0.1, -0.05) is 70.8 Å². The molecule has 0 saturated heterocycles. The van der Waals surface area contributed by atoms with Gasteiger partial charge in [0.15, 0.2) is 6.29 Å². The molecule has 1 rings (SSSR count). The Morgan fingerprint density at radius 1 is 0.909 bits per heavy atom. The lowest BCUT2D eigenvalue weighted by atomic mass is 10.1. The van der Waals surface area contributed by atoms with Gasteiger partial charge in [-0.05, 0) is 31.0 Å². The Morgan fingerprint density at radius 3 is 2.09 bits per heavy atom. The monoisotopic (exact) mass is 304 g/mol. The molecule has 1 aromatic rings. The smallest absolute Gasteiger partial charge is 0.153 e. The molecule has 0 spiro atoms. The van der Waals surface area contributed by atoms with Crippen molar-refractivity contribution in [3.8, 4) is 5.75 Å². The Hall–Kier alpha value is -1.31. The summed E-state index contributed by atoms with van der Waals surface area (Å²) >= 11 is 0. The molecule has 0 aliphatic rings. The molecule has 0 atom stereocenters. The van der Waals surface area contributed by atoms with Gasteiger partial charge in [-0.3, -0.25) is 4.79 Å². The summed E-state index contributed by atoms with van der Waals surface area (Å²) in [5, 5.41) is 0. The van der Waals surface area contributed by atoms with Gasteiger partial charge in [0.25, 0.3) is 0 Å². The average molecular weight is 304 g/mol. The van der Waals surface area contributed by atoms with E-state index in [0.717, 1.165) is 24.0 Å². The zero-order valence-corrected chi connectivity index (χ0v) is 14.4. The van der Waals surface area contributed by atoms with Crippen molar-refractivity contribution in [1.82, 2.24) is 0 Å². The third-order valence-electron chi connectivity index (χ3n) is 4.05. The molecular weight excluding hydrogens is 272 g/mol. The molecule has 0 aliphatic carbocycles. The maximum Gasteiger partial charge on any atom is 0.153 e. The number of aryl methyl sites for hydroxylation is 1. The van der Waals surface area contributed by atoms with Crippen molar-refractivity contribution in [2.24, 2.45) is 0 Å². The molecular formula is C20H32O2. The maximum atomic E-state index is 11.0. The third kappa shape index (κ3) is 8.21. The van der Waals surface area contributed by atoms with Gasteiger partial charge in [0, 0.05) is 0 Å². The van der Waals surface area contributed by atoms with Crippen LogP contribution in [0.25, 0.3) is 0 Å². The van der Waals surface area contributed by atoms with Crippen LogP contribution in [0.4, 0.5) is 0 Å². The minimum Gasteiger partial charge on any atom is -0.493 e. The first-order valence-electron chi connectivity index (χ1n) is 8.96. The molecule has 2 nitrogen and oxygen atoms in total. The van der Waals surface area contributed by atoms with Crippen LogP contribution in [0.1, 0.15) is 87.1 Å². The molecule has 124 valence electrons. The Kier molecular flexibility index (Phi) is 10.4. The van der Waals surface area contributed by atoms with E-state index in [0.29, 0.717) is 12.2 Å². The van der Waals surface area contributed by atoms with Crippen molar-refractivity contribution in [2.75, 3.05) is 6.61 Å². The number of hydrogen-bond acceptors (Lipinski definition) is 2. The van der Waals surface area contributed by atoms with Crippen molar-refractivity contribution in [1.29, 1.82) is 0 Å². The van der Waals surface area contributed by atoms with Crippen LogP contribution in [0.5, 0.6) is 5.75 Å². The second kappa shape index (κ2) is 12.3. The highest BCUT2D eigenvalue weighted by Crippen LogP contribution is 2.19. The first-order chi connectivity index (χ1) is 10.8. The fraction of sp³-hybridized carbons (Fsp3) is 0.650. The lowest BCUT2D eigenvalue weighted by Gasteiger charge is -2.09. The average Bonchev–Trinajstić information content (AvgIpc) is 2.53. The maximum absolute atomic E-state index is 11.0. The number of rotatable bonds is 13. The summed E-state index contributed by atoms with van der Waals surface area (Å²) in [7, 11) is 0. The van der Waals surface area contributed by atoms with Gasteiger partial charge in [-0.15, -0.1) is 0 Å². The van der Waals surface area contributed by atoms with Crippen LogP contribution in [0, 0.1) is 6.92 Å². The number of carbonyl (C=O) groups excluding carboxylic acids is 1. The summed E-state index contributed by atoms with van der Waals surface area (Å²) in [6, 6.07) is 5.72.